The molecule has 0 N–H and O–H groups in total. The van der Waals surface area contributed by atoms with E-state index >= 15 is 0 Å². The minimum Gasteiger partial charge on any atom is -0.493 e. The average Bonchev–Trinajstić information content (AvgIpc) is 2.85. The van der Waals surface area contributed by atoms with E-state index in [1.54, 1.807) is 0 Å². The predicted octanol–water partition coefficient (Wildman–Crippen LogP) is 5.47. The number of fused-ring (bicyclic) bond motifs is 1. The number of hydrogen-bond donors (Lipinski definition) is 0. The maximum Gasteiger partial charge on any atom is 0.127 e. The van der Waals surface area contributed by atoms with Gasteiger partial charge in [-0.1, -0.05) is 44.0 Å². The first-order chi connectivity index (χ1) is 9.15. The molecule has 1 atom stereocenters. The summed E-state index contributed by atoms with van der Waals surface area (Å²) in [4.78, 5) is 0. The van der Waals surface area contributed by atoms with Gasteiger partial charge in [0.2, 0.25) is 0 Å². The first-order valence-corrected chi connectivity index (χ1v) is 8.02. The minimum atomic E-state index is -0.207. The zero-order valence-electron chi connectivity index (χ0n) is 10.00. The van der Waals surface area contributed by atoms with Gasteiger partial charge in [0.15, 0.2) is 0 Å². The summed E-state index contributed by atoms with van der Waals surface area (Å²) < 4.78 is 7.82. The molecule has 1 unspecified atom stereocenters. The molecule has 1 aliphatic rings. The van der Waals surface area contributed by atoms with Crippen molar-refractivity contribution in [2.45, 2.75) is 11.8 Å². The lowest BCUT2D eigenvalue weighted by atomic mass is 10.0. The Kier molecular flexibility index (Phi) is 3.88. The number of halogens is 3. The molecule has 19 heavy (non-hydrogen) atoms. The van der Waals surface area contributed by atoms with Crippen molar-refractivity contribution in [3.05, 3.63) is 62.0 Å². The van der Waals surface area contributed by atoms with Crippen molar-refractivity contribution in [2.75, 3.05) is 6.61 Å². The Hall–Kier alpha value is -0.510. The van der Waals surface area contributed by atoms with E-state index in [1.807, 2.05) is 30.3 Å². The van der Waals surface area contributed by atoms with Gasteiger partial charge < -0.3 is 4.74 Å². The van der Waals surface area contributed by atoms with E-state index < -0.39 is 0 Å². The summed E-state index contributed by atoms with van der Waals surface area (Å²) in [7, 11) is 0. The highest BCUT2D eigenvalue weighted by Gasteiger charge is 2.23. The van der Waals surface area contributed by atoms with Crippen LogP contribution in [0.25, 0.3) is 0 Å². The average molecular weight is 403 g/mol. The first-order valence-electron chi connectivity index (χ1n) is 6.00. The Morgan fingerprint density at radius 3 is 2.74 bits per heavy atom. The number of ether oxygens (including phenoxy) is 1. The molecule has 4 heteroatoms. The highest BCUT2D eigenvalue weighted by molar-refractivity contribution is 9.10. The van der Waals surface area contributed by atoms with Crippen LogP contribution in [0.2, 0.25) is 0 Å². The molecule has 0 radical (unpaired) electrons. The summed E-state index contributed by atoms with van der Waals surface area (Å²) in [6.45, 7) is 0.737. The van der Waals surface area contributed by atoms with Crippen LogP contribution < -0.4 is 4.74 Å². The molecule has 0 saturated carbocycles. The Morgan fingerprint density at radius 1 is 1.11 bits per heavy atom. The van der Waals surface area contributed by atoms with Gasteiger partial charge in [-0.15, -0.1) is 11.6 Å². The van der Waals surface area contributed by atoms with Gasteiger partial charge >= 0.3 is 0 Å². The van der Waals surface area contributed by atoms with Gasteiger partial charge in [0.05, 0.1) is 12.0 Å². The largest absolute Gasteiger partial charge is 0.493 e. The molecule has 1 nitrogen and oxygen atoms in total. The third-order valence-electron chi connectivity index (χ3n) is 3.19. The Morgan fingerprint density at radius 2 is 1.95 bits per heavy atom. The van der Waals surface area contributed by atoms with E-state index in [9.17, 15) is 0 Å². The lowest BCUT2D eigenvalue weighted by Crippen LogP contribution is -1.97. The topological polar surface area (TPSA) is 9.23 Å². The monoisotopic (exact) mass is 400 g/mol. The Balaban J connectivity index is 2.07. The van der Waals surface area contributed by atoms with Crippen molar-refractivity contribution >= 4 is 43.5 Å². The second-order valence-corrected chi connectivity index (χ2v) is 6.77. The van der Waals surface area contributed by atoms with Gasteiger partial charge in [0.25, 0.3) is 0 Å². The van der Waals surface area contributed by atoms with E-state index in [-0.39, 0.29) is 5.38 Å². The molecule has 2 aromatic rings. The molecule has 2 aromatic carbocycles. The molecule has 1 heterocycles. The molecule has 0 amide bonds. The smallest absolute Gasteiger partial charge is 0.127 e. The molecule has 3 rings (SSSR count). The molecule has 0 saturated heterocycles. The van der Waals surface area contributed by atoms with Crippen LogP contribution in [-0.4, -0.2) is 6.61 Å². The molecular formula is C15H11Br2ClO. The fourth-order valence-electron chi connectivity index (χ4n) is 2.33. The Labute approximate surface area is 134 Å². The molecule has 0 spiro atoms. The number of rotatable bonds is 2. The number of benzene rings is 2. The van der Waals surface area contributed by atoms with Gasteiger partial charge in [0.1, 0.15) is 5.75 Å². The summed E-state index contributed by atoms with van der Waals surface area (Å²) in [5, 5.41) is -0.207. The quantitative estimate of drug-likeness (QED) is 0.605. The first kappa shape index (κ1) is 13.5. The standard InChI is InChI=1S/C15H11Br2ClO/c16-11-3-1-2-9(6-11)14(18)13-8-12(17)7-10-4-5-19-15(10)13/h1-3,6-8,14H,4-5H2. The van der Waals surface area contributed by atoms with Crippen LogP contribution in [0.1, 0.15) is 22.1 Å². The lowest BCUT2D eigenvalue weighted by molar-refractivity contribution is 0.353. The highest BCUT2D eigenvalue weighted by Crippen LogP contribution is 2.41. The van der Waals surface area contributed by atoms with Crippen molar-refractivity contribution in [1.82, 2.24) is 0 Å². The van der Waals surface area contributed by atoms with E-state index in [0.29, 0.717) is 0 Å². The van der Waals surface area contributed by atoms with E-state index in [2.05, 4.69) is 37.9 Å². The molecule has 0 aliphatic carbocycles. The van der Waals surface area contributed by atoms with Crippen LogP contribution in [0.15, 0.2) is 45.3 Å². The van der Waals surface area contributed by atoms with Crippen molar-refractivity contribution in [3.8, 4) is 5.75 Å². The third-order valence-corrected chi connectivity index (χ3v) is 4.63. The van der Waals surface area contributed by atoms with Gasteiger partial charge in [0, 0.05) is 20.9 Å². The molecule has 0 aromatic heterocycles. The number of alkyl halides is 1. The molecule has 1 aliphatic heterocycles. The van der Waals surface area contributed by atoms with Crippen LogP contribution in [0.4, 0.5) is 0 Å². The second-order valence-electron chi connectivity index (χ2n) is 4.50. The van der Waals surface area contributed by atoms with Crippen molar-refractivity contribution < 1.29 is 4.74 Å². The van der Waals surface area contributed by atoms with Crippen LogP contribution in [0.3, 0.4) is 0 Å². The lowest BCUT2D eigenvalue weighted by Gasteiger charge is -2.15. The Bertz CT molecular complexity index is 628. The van der Waals surface area contributed by atoms with Crippen LogP contribution >= 0.6 is 43.5 Å². The summed E-state index contributed by atoms with van der Waals surface area (Å²) in [6.07, 6.45) is 0.948. The third kappa shape index (κ3) is 2.69. The predicted molar refractivity (Wildman–Crippen MR) is 85.2 cm³/mol. The summed E-state index contributed by atoms with van der Waals surface area (Å²) >= 11 is 13.7. The fraction of sp³-hybridized carbons (Fsp3) is 0.200. The minimum absolute atomic E-state index is 0.207. The summed E-state index contributed by atoms with van der Waals surface area (Å²) in [6, 6.07) is 12.2. The van der Waals surface area contributed by atoms with E-state index in [0.717, 1.165) is 38.8 Å². The van der Waals surface area contributed by atoms with Crippen molar-refractivity contribution in [3.63, 3.8) is 0 Å². The van der Waals surface area contributed by atoms with Crippen molar-refractivity contribution in [2.24, 2.45) is 0 Å². The number of hydrogen-bond acceptors (Lipinski definition) is 1. The molecular weight excluding hydrogens is 391 g/mol. The summed E-state index contributed by atoms with van der Waals surface area (Å²) in [5.74, 6) is 0.947. The highest BCUT2D eigenvalue weighted by atomic mass is 79.9. The van der Waals surface area contributed by atoms with E-state index in [4.69, 9.17) is 16.3 Å². The van der Waals surface area contributed by atoms with Crippen LogP contribution in [0, 0.1) is 0 Å². The van der Waals surface area contributed by atoms with Gasteiger partial charge in [-0.25, -0.2) is 0 Å². The zero-order valence-corrected chi connectivity index (χ0v) is 13.9. The second kappa shape index (κ2) is 5.47. The molecule has 0 bridgehead atoms. The van der Waals surface area contributed by atoms with Gasteiger partial charge in [-0.2, -0.15) is 0 Å². The maximum atomic E-state index is 6.64. The van der Waals surface area contributed by atoms with Crippen molar-refractivity contribution in [1.29, 1.82) is 0 Å². The molecule has 0 fully saturated rings. The van der Waals surface area contributed by atoms with Crippen LogP contribution in [-0.2, 0) is 6.42 Å². The fourth-order valence-corrected chi connectivity index (χ4v) is 3.57. The van der Waals surface area contributed by atoms with E-state index in [1.165, 1.54) is 5.56 Å². The normalized spacial score (nSPS) is 14.9. The van der Waals surface area contributed by atoms with Gasteiger partial charge in [-0.3, -0.25) is 0 Å². The maximum absolute atomic E-state index is 6.64. The zero-order chi connectivity index (χ0) is 13.4. The van der Waals surface area contributed by atoms with Crippen LogP contribution in [0.5, 0.6) is 5.75 Å². The SMILES string of the molecule is ClC(c1cccc(Br)c1)c1cc(Br)cc2c1OCC2. The van der Waals surface area contributed by atoms with Gasteiger partial charge in [-0.05, 0) is 35.4 Å². The molecule has 98 valence electrons. The summed E-state index contributed by atoms with van der Waals surface area (Å²) in [5.41, 5.74) is 3.32.